The lowest BCUT2D eigenvalue weighted by molar-refractivity contribution is 0.325. The van der Waals surface area contributed by atoms with E-state index in [4.69, 9.17) is 4.52 Å². The first-order valence-electron chi connectivity index (χ1n) is 10.3. The van der Waals surface area contributed by atoms with E-state index in [9.17, 15) is 5.26 Å². The van der Waals surface area contributed by atoms with Gasteiger partial charge in [-0.05, 0) is 43.4 Å². The molecule has 1 saturated heterocycles. The molecular formula is C22H25N7OS. The van der Waals surface area contributed by atoms with Crippen molar-refractivity contribution in [1.82, 2.24) is 20.1 Å². The van der Waals surface area contributed by atoms with Crippen molar-refractivity contribution in [2.45, 2.75) is 43.4 Å². The number of aromatic nitrogens is 4. The molecule has 0 amide bonds. The Kier molecular flexibility index (Phi) is 6.37. The van der Waals surface area contributed by atoms with E-state index in [1.807, 2.05) is 30.5 Å². The van der Waals surface area contributed by atoms with E-state index in [1.165, 1.54) is 11.2 Å². The Labute approximate surface area is 186 Å². The smallest absolute Gasteiger partial charge is 0.229 e. The highest BCUT2D eigenvalue weighted by Gasteiger charge is 2.28. The number of nitrogens with zero attached hydrogens (tertiary/aromatic N) is 6. The van der Waals surface area contributed by atoms with Crippen LogP contribution in [0.2, 0.25) is 0 Å². The third-order valence-corrected chi connectivity index (χ3v) is 6.15. The van der Waals surface area contributed by atoms with Gasteiger partial charge in [0.25, 0.3) is 0 Å². The molecule has 0 atom stereocenters. The second-order valence-electron chi connectivity index (χ2n) is 7.79. The summed E-state index contributed by atoms with van der Waals surface area (Å²) in [6, 6.07) is 10.3. The van der Waals surface area contributed by atoms with Gasteiger partial charge in [0.2, 0.25) is 5.89 Å². The molecule has 1 N–H and O–H groups in total. The first-order chi connectivity index (χ1) is 15.1. The molecule has 160 valence electrons. The molecule has 31 heavy (non-hydrogen) atoms. The molecule has 4 rings (SSSR count). The topological polar surface area (TPSA) is 104 Å². The Hall–Kier alpha value is -3.12. The minimum absolute atomic E-state index is 0.233. The van der Waals surface area contributed by atoms with Crippen molar-refractivity contribution in [3.63, 3.8) is 0 Å². The van der Waals surface area contributed by atoms with Gasteiger partial charge in [-0.15, -0.1) is 11.8 Å². The summed E-state index contributed by atoms with van der Waals surface area (Å²) in [5, 5.41) is 17.2. The minimum atomic E-state index is 0.233. The van der Waals surface area contributed by atoms with Gasteiger partial charge in [-0.25, -0.2) is 9.97 Å². The molecule has 3 aromatic rings. The van der Waals surface area contributed by atoms with Gasteiger partial charge < -0.3 is 14.7 Å². The summed E-state index contributed by atoms with van der Waals surface area (Å²) >= 11 is 1.69. The molecular weight excluding hydrogens is 410 g/mol. The number of hydrogen-bond acceptors (Lipinski definition) is 9. The Morgan fingerprint density at radius 1 is 1.19 bits per heavy atom. The van der Waals surface area contributed by atoms with Crippen molar-refractivity contribution in [3.8, 4) is 6.07 Å². The molecule has 0 aliphatic carbocycles. The number of benzene rings is 1. The predicted octanol–water partition coefficient (Wildman–Crippen LogP) is 4.70. The molecule has 1 aromatic carbocycles. The highest BCUT2D eigenvalue weighted by molar-refractivity contribution is 7.98. The maximum absolute atomic E-state index is 9.84. The normalized spacial score (nSPS) is 14.6. The van der Waals surface area contributed by atoms with Crippen LogP contribution in [0.5, 0.6) is 0 Å². The molecule has 1 fully saturated rings. The maximum Gasteiger partial charge on any atom is 0.229 e. The molecule has 9 heteroatoms. The molecule has 2 aromatic heterocycles. The van der Waals surface area contributed by atoms with Crippen LogP contribution >= 0.6 is 11.8 Å². The van der Waals surface area contributed by atoms with Crippen LogP contribution in [0.1, 0.15) is 55.8 Å². The van der Waals surface area contributed by atoms with Gasteiger partial charge in [-0.3, -0.25) is 0 Å². The lowest BCUT2D eigenvalue weighted by Crippen LogP contribution is -2.34. The maximum atomic E-state index is 9.84. The number of nitrogens with one attached hydrogen (secondary N) is 1. The van der Waals surface area contributed by atoms with E-state index in [2.05, 4.69) is 50.2 Å². The zero-order valence-electron chi connectivity index (χ0n) is 17.9. The highest BCUT2D eigenvalue weighted by Crippen LogP contribution is 2.32. The SMILES string of the molecule is CSc1ccc(Nc2ncnc(N3CCC(c4nc(C(C)C)no4)CC3)c2C#N)cc1. The van der Waals surface area contributed by atoms with Gasteiger partial charge in [0.15, 0.2) is 17.5 Å². The molecule has 1 aliphatic rings. The third kappa shape index (κ3) is 4.64. The molecule has 1 aliphatic heterocycles. The van der Waals surface area contributed by atoms with Crippen LogP contribution in [0.25, 0.3) is 0 Å². The number of thioether (sulfide) groups is 1. The summed E-state index contributed by atoms with van der Waals surface area (Å²) in [6.45, 7) is 5.63. The first-order valence-corrected chi connectivity index (χ1v) is 11.6. The second-order valence-corrected chi connectivity index (χ2v) is 8.67. The molecule has 3 heterocycles. The zero-order chi connectivity index (χ0) is 21.8. The number of anilines is 3. The number of nitriles is 1. The van der Waals surface area contributed by atoms with Crippen LogP contribution in [-0.2, 0) is 0 Å². The van der Waals surface area contributed by atoms with Crippen molar-refractivity contribution in [2.75, 3.05) is 29.6 Å². The lowest BCUT2D eigenvalue weighted by Gasteiger charge is -2.31. The summed E-state index contributed by atoms with van der Waals surface area (Å²) in [6.07, 6.45) is 5.28. The summed E-state index contributed by atoms with van der Waals surface area (Å²) < 4.78 is 5.48. The van der Waals surface area contributed by atoms with Gasteiger partial charge in [0.05, 0.1) is 0 Å². The standard InChI is InChI=1S/C22H25N7OS/c1-14(2)19-27-22(30-28-19)15-8-10-29(11-9-15)21-18(12-23)20(24-13-25-21)26-16-4-6-17(31-3)7-5-16/h4-7,13-15H,8-11H2,1-3H3,(H,24,25,26). The largest absolute Gasteiger partial charge is 0.355 e. The monoisotopic (exact) mass is 435 g/mol. The van der Waals surface area contributed by atoms with Crippen molar-refractivity contribution < 1.29 is 4.52 Å². The van der Waals surface area contributed by atoms with Crippen LogP contribution in [0.15, 0.2) is 40.0 Å². The van der Waals surface area contributed by atoms with Gasteiger partial charge in [0, 0.05) is 35.5 Å². The fourth-order valence-corrected chi connectivity index (χ4v) is 4.02. The summed E-state index contributed by atoms with van der Waals surface area (Å²) in [7, 11) is 0. The van der Waals surface area contributed by atoms with Crippen molar-refractivity contribution in [2.24, 2.45) is 0 Å². The van der Waals surface area contributed by atoms with Crippen LogP contribution in [0.4, 0.5) is 17.3 Å². The average molecular weight is 436 g/mol. The molecule has 0 bridgehead atoms. The lowest BCUT2D eigenvalue weighted by atomic mass is 9.96. The minimum Gasteiger partial charge on any atom is -0.355 e. The van der Waals surface area contributed by atoms with Gasteiger partial charge >= 0.3 is 0 Å². The van der Waals surface area contributed by atoms with Crippen LogP contribution in [-0.4, -0.2) is 39.5 Å². The summed E-state index contributed by atoms with van der Waals surface area (Å²) in [5.41, 5.74) is 1.34. The number of hydrogen-bond donors (Lipinski definition) is 1. The van der Waals surface area contributed by atoms with Crippen LogP contribution < -0.4 is 10.2 Å². The van der Waals surface area contributed by atoms with E-state index in [0.717, 1.165) is 37.4 Å². The van der Waals surface area contributed by atoms with Gasteiger partial charge in [0.1, 0.15) is 18.0 Å². The van der Waals surface area contributed by atoms with E-state index in [1.54, 1.807) is 11.8 Å². The van der Waals surface area contributed by atoms with Crippen molar-refractivity contribution in [1.29, 1.82) is 5.26 Å². The number of rotatable bonds is 6. The molecule has 0 spiro atoms. The Bertz CT molecular complexity index is 1070. The zero-order valence-corrected chi connectivity index (χ0v) is 18.7. The van der Waals surface area contributed by atoms with Gasteiger partial charge in [-0.2, -0.15) is 10.2 Å². The number of piperidine rings is 1. The summed E-state index contributed by atoms with van der Waals surface area (Å²) in [4.78, 5) is 16.6. The van der Waals surface area contributed by atoms with E-state index in [0.29, 0.717) is 23.1 Å². The molecule has 0 unspecified atom stereocenters. The summed E-state index contributed by atoms with van der Waals surface area (Å²) in [5.74, 6) is 3.12. The fourth-order valence-electron chi connectivity index (χ4n) is 3.61. The van der Waals surface area contributed by atoms with Crippen LogP contribution in [0, 0.1) is 11.3 Å². The van der Waals surface area contributed by atoms with E-state index >= 15 is 0 Å². The average Bonchev–Trinajstić information content (AvgIpc) is 3.30. The van der Waals surface area contributed by atoms with E-state index < -0.39 is 0 Å². The second kappa shape index (κ2) is 9.35. The molecule has 8 nitrogen and oxygen atoms in total. The highest BCUT2D eigenvalue weighted by atomic mass is 32.2. The fraction of sp³-hybridized carbons (Fsp3) is 0.409. The quantitative estimate of drug-likeness (QED) is 0.551. The predicted molar refractivity (Wildman–Crippen MR) is 121 cm³/mol. The Morgan fingerprint density at radius 3 is 2.55 bits per heavy atom. The van der Waals surface area contributed by atoms with Gasteiger partial charge in [-0.1, -0.05) is 19.0 Å². The van der Waals surface area contributed by atoms with Crippen LogP contribution in [0.3, 0.4) is 0 Å². The van der Waals surface area contributed by atoms with Crippen molar-refractivity contribution >= 4 is 29.1 Å². The molecule has 0 saturated carbocycles. The van der Waals surface area contributed by atoms with E-state index in [-0.39, 0.29) is 11.8 Å². The van der Waals surface area contributed by atoms with Crippen molar-refractivity contribution in [3.05, 3.63) is 47.9 Å². The Morgan fingerprint density at radius 2 is 1.94 bits per heavy atom. The third-order valence-electron chi connectivity index (χ3n) is 5.41. The Balaban J connectivity index is 1.48. The first kappa shape index (κ1) is 21.1. The molecule has 0 radical (unpaired) electrons.